The van der Waals surface area contributed by atoms with Gasteiger partial charge in [-0.1, -0.05) is 12.8 Å². The molecule has 1 saturated carbocycles. The lowest BCUT2D eigenvalue weighted by Gasteiger charge is -2.32. The summed E-state index contributed by atoms with van der Waals surface area (Å²) in [7, 11) is 0. The van der Waals surface area contributed by atoms with Crippen molar-refractivity contribution in [2.24, 2.45) is 5.92 Å². The molecule has 2 N–H and O–H groups in total. The van der Waals surface area contributed by atoms with Gasteiger partial charge >= 0.3 is 6.18 Å². The number of rotatable bonds is 4. The quantitative estimate of drug-likeness (QED) is 0.881. The van der Waals surface area contributed by atoms with Crippen LogP contribution in [0.4, 0.5) is 18.9 Å². The summed E-state index contributed by atoms with van der Waals surface area (Å²) in [5, 5.41) is 5.21. The number of alkyl halides is 3. The number of nitrogens with zero attached hydrogens (tertiary/aromatic N) is 1. The molecule has 1 heterocycles. The molecule has 1 fully saturated rings. The Morgan fingerprint density at radius 1 is 1.25 bits per heavy atom. The van der Waals surface area contributed by atoms with Gasteiger partial charge in [-0.25, -0.2) is 4.98 Å². The molecule has 2 amide bonds. The predicted octanol–water partition coefficient (Wildman–Crippen LogP) is 3.28. The molecule has 0 aromatic carbocycles. The summed E-state index contributed by atoms with van der Waals surface area (Å²) in [6.45, 7) is 1.35. The van der Waals surface area contributed by atoms with E-state index < -0.39 is 30.5 Å². The van der Waals surface area contributed by atoms with E-state index >= 15 is 0 Å². The van der Waals surface area contributed by atoms with Gasteiger partial charge in [0.2, 0.25) is 5.91 Å². The van der Waals surface area contributed by atoms with Gasteiger partial charge in [-0.15, -0.1) is 0 Å². The highest BCUT2D eigenvalue weighted by atomic mass is 19.4. The Balaban J connectivity index is 2.00. The number of carbonyl (C=O) groups excluding carboxylic acids is 2. The summed E-state index contributed by atoms with van der Waals surface area (Å²) >= 11 is 0. The van der Waals surface area contributed by atoms with E-state index in [1.807, 2.05) is 0 Å². The van der Waals surface area contributed by atoms with Gasteiger partial charge in [0.1, 0.15) is 5.69 Å². The predicted molar refractivity (Wildman–Crippen MR) is 82.4 cm³/mol. The molecular weight excluding hydrogens is 323 g/mol. The smallest absolute Gasteiger partial charge is 0.348 e. The third kappa shape index (κ3) is 5.50. The average Bonchev–Trinajstić information content (AvgIpc) is 2.48. The summed E-state index contributed by atoms with van der Waals surface area (Å²) in [4.78, 5) is 27.1. The van der Waals surface area contributed by atoms with Gasteiger partial charge in [0.15, 0.2) is 0 Å². The van der Waals surface area contributed by atoms with Crippen molar-refractivity contribution in [3.05, 3.63) is 24.0 Å². The van der Waals surface area contributed by atoms with Crippen LogP contribution in [0.1, 0.15) is 49.5 Å². The molecule has 1 aliphatic carbocycles. The first-order valence-electron chi connectivity index (χ1n) is 7.86. The monoisotopic (exact) mass is 343 g/mol. The third-order valence-electron chi connectivity index (χ3n) is 4.04. The Morgan fingerprint density at radius 2 is 1.96 bits per heavy atom. The second-order valence-electron chi connectivity index (χ2n) is 6.06. The van der Waals surface area contributed by atoms with Crippen LogP contribution in [0.15, 0.2) is 18.3 Å². The molecule has 1 aromatic heterocycles. The zero-order valence-corrected chi connectivity index (χ0v) is 13.3. The van der Waals surface area contributed by atoms with Crippen LogP contribution in [-0.4, -0.2) is 29.0 Å². The highest BCUT2D eigenvalue weighted by Crippen LogP contribution is 2.34. The van der Waals surface area contributed by atoms with E-state index in [1.165, 1.54) is 25.3 Å². The second-order valence-corrected chi connectivity index (χ2v) is 6.06. The molecule has 0 radical (unpaired) electrons. The van der Waals surface area contributed by atoms with Crippen LogP contribution in [-0.2, 0) is 4.79 Å². The first-order chi connectivity index (χ1) is 11.2. The fourth-order valence-corrected chi connectivity index (χ4v) is 2.99. The van der Waals surface area contributed by atoms with Gasteiger partial charge in [0.05, 0.1) is 11.9 Å². The maximum atomic E-state index is 12.7. The van der Waals surface area contributed by atoms with Crippen molar-refractivity contribution in [1.82, 2.24) is 10.3 Å². The van der Waals surface area contributed by atoms with Crippen LogP contribution >= 0.6 is 0 Å². The molecule has 0 bridgehead atoms. The number of hydrogen-bond donors (Lipinski definition) is 2. The zero-order valence-electron chi connectivity index (χ0n) is 13.3. The molecule has 1 aliphatic rings. The molecule has 8 heteroatoms. The highest BCUT2D eigenvalue weighted by Gasteiger charge is 2.37. The maximum absolute atomic E-state index is 12.7. The van der Waals surface area contributed by atoms with Crippen LogP contribution in [0, 0.1) is 5.92 Å². The van der Waals surface area contributed by atoms with Crippen molar-refractivity contribution >= 4 is 17.5 Å². The van der Waals surface area contributed by atoms with E-state index in [0.717, 1.165) is 12.8 Å². The Hall–Kier alpha value is -2.12. The van der Waals surface area contributed by atoms with Crippen LogP contribution < -0.4 is 10.6 Å². The molecule has 0 saturated heterocycles. The van der Waals surface area contributed by atoms with Gasteiger partial charge in [0.25, 0.3) is 5.91 Å². The van der Waals surface area contributed by atoms with Crippen molar-refractivity contribution in [1.29, 1.82) is 0 Å². The van der Waals surface area contributed by atoms with E-state index in [-0.39, 0.29) is 11.6 Å². The highest BCUT2D eigenvalue weighted by molar-refractivity contribution is 5.93. The number of pyridine rings is 1. The summed E-state index contributed by atoms with van der Waals surface area (Å²) in [6, 6.07) is 2.46. The fourth-order valence-electron chi connectivity index (χ4n) is 2.99. The molecule has 132 valence electrons. The summed E-state index contributed by atoms with van der Waals surface area (Å²) in [6.07, 6.45) is -1.23. The van der Waals surface area contributed by atoms with Gasteiger partial charge < -0.3 is 10.6 Å². The SMILES string of the molecule is CC(=O)Nc1ccc(C(=O)N[C@H]2CCCC[C@H]2CC(F)(F)F)nc1. The molecule has 0 spiro atoms. The van der Waals surface area contributed by atoms with Gasteiger partial charge in [-0.05, 0) is 30.9 Å². The number of amides is 2. The molecule has 2 rings (SSSR count). The number of aromatic nitrogens is 1. The minimum absolute atomic E-state index is 0.112. The first-order valence-corrected chi connectivity index (χ1v) is 7.86. The summed E-state index contributed by atoms with van der Waals surface area (Å²) in [5.74, 6) is -1.35. The normalized spacial score (nSPS) is 21.2. The van der Waals surface area contributed by atoms with Crippen LogP contribution in [0.5, 0.6) is 0 Å². The molecular formula is C16H20F3N3O2. The van der Waals surface area contributed by atoms with Crippen molar-refractivity contribution in [3.8, 4) is 0 Å². The number of anilines is 1. The molecule has 0 aliphatic heterocycles. The molecule has 24 heavy (non-hydrogen) atoms. The topological polar surface area (TPSA) is 71.1 Å². The average molecular weight is 343 g/mol. The molecule has 1 aromatic rings. The number of halogens is 3. The van der Waals surface area contributed by atoms with Crippen molar-refractivity contribution < 1.29 is 22.8 Å². The van der Waals surface area contributed by atoms with E-state index in [1.54, 1.807) is 0 Å². The van der Waals surface area contributed by atoms with Gasteiger partial charge in [-0.3, -0.25) is 9.59 Å². The largest absolute Gasteiger partial charge is 0.389 e. The van der Waals surface area contributed by atoms with Crippen LogP contribution in [0.3, 0.4) is 0 Å². The van der Waals surface area contributed by atoms with E-state index in [9.17, 15) is 22.8 Å². The number of hydrogen-bond acceptors (Lipinski definition) is 3. The second kappa shape index (κ2) is 7.63. The lowest BCUT2D eigenvalue weighted by Crippen LogP contribution is -2.43. The Bertz CT molecular complexity index is 587. The lowest BCUT2D eigenvalue weighted by molar-refractivity contribution is -0.148. The maximum Gasteiger partial charge on any atom is 0.389 e. The van der Waals surface area contributed by atoms with Gasteiger partial charge in [-0.2, -0.15) is 13.2 Å². The van der Waals surface area contributed by atoms with Crippen molar-refractivity contribution in [2.75, 3.05) is 5.32 Å². The van der Waals surface area contributed by atoms with E-state index in [0.29, 0.717) is 18.5 Å². The van der Waals surface area contributed by atoms with E-state index in [2.05, 4.69) is 15.6 Å². The van der Waals surface area contributed by atoms with Gasteiger partial charge in [0, 0.05) is 19.4 Å². The van der Waals surface area contributed by atoms with Crippen LogP contribution in [0.25, 0.3) is 0 Å². The third-order valence-corrected chi connectivity index (χ3v) is 4.04. The zero-order chi connectivity index (χ0) is 17.7. The van der Waals surface area contributed by atoms with Crippen LogP contribution in [0.2, 0.25) is 0 Å². The minimum Gasteiger partial charge on any atom is -0.348 e. The van der Waals surface area contributed by atoms with Crippen molar-refractivity contribution in [2.45, 2.75) is 51.2 Å². The minimum atomic E-state index is -4.23. The fraction of sp³-hybridized carbons (Fsp3) is 0.562. The number of nitrogens with one attached hydrogen (secondary N) is 2. The molecule has 2 atom stereocenters. The Labute approximate surface area is 138 Å². The molecule has 5 nitrogen and oxygen atoms in total. The first kappa shape index (κ1) is 18.2. The van der Waals surface area contributed by atoms with E-state index in [4.69, 9.17) is 0 Å². The Kier molecular flexibility index (Phi) is 5.80. The number of carbonyl (C=O) groups is 2. The summed E-state index contributed by atoms with van der Waals surface area (Å²) in [5.41, 5.74) is 0.562. The standard InChI is InChI=1S/C16H20F3N3O2/c1-10(23)21-12-6-7-14(20-9-12)15(24)22-13-5-3-2-4-11(13)8-16(17,18)19/h6-7,9,11,13H,2-5,8H2,1H3,(H,21,23)(H,22,24)/t11-,13-/m0/s1. The van der Waals surface area contributed by atoms with Crippen molar-refractivity contribution in [3.63, 3.8) is 0 Å². The molecule has 0 unspecified atom stereocenters. The Morgan fingerprint density at radius 3 is 2.54 bits per heavy atom. The lowest BCUT2D eigenvalue weighted by atomic mass is 9.82. The summed E-state index contributed by atoms with van der Waals surface area (Å²) < 4.78 is 38.0.